The Morgan fingerprint density at radius 2 is 2.31 bits per heavy atom. The topological polar surface area (TPSA) is 38.8 Å². The molecular formula is C13H14O3. The smallest absolute Gasteiger partial charge is 0.338 e. The van der Waals surface area contributed by atoms with E-state index in [9.17, 15) is 4.79 Å². The molecule has 84 valence electrons. The largest absolute Gasteiger partial charge is 0.459 e. The maximum Gasteiger partial charge on any atom is 0.338 e. The van der Waals surface area contributed by atoms with Crippen LogP contribution in [0.1, 0.15) is 15.9 Å². The molecule has 1 aliphatic heterocycles. The molecule has 1 aromatic rings. The van der Waals surface area contributed by atoms with Gasteiger partial charge in [0, 0.05) is 0 Å². The summed E-state index contributed by atoms with van der Waals surface area (Å²) in [5.41, 5.74) is 1.56. The molecule has 0 aliphatic carbocycles. The maximum absolute atomic E-state index is 11.8. The third-order valence-electron chi connectivity index (χ3n) is 2.40. The molecule has 0 N–H and O–H groups in total. The van der Waals surface area contributed by atoms with Crippen molar-refractivity contribution < 1.29 is 14.3 Å². The maximum atomic E-state index is 11.8. The highest BCUT2D eigenvalue weighted by Gasteiger charge is 2.24. The number of epoxide rings is 1. The number of rotatable bonds is 5. The van der Waals surface area contributed by atoms with Crippen LogP contribution >= 0.6 is 0 Å². The number of benzene rings is 1. The van der Waals surface area contributed by atoms with Gasteiger partial charge >= 0.3 is 5.97 Å². The van der Waals surface area contributed by atoms with Crippen LogP contribution in [-0.4, -0.2) is 25.3 Å². The van der Waals surface area contributed by atoms with E-state index in [1.165, 1.54) is 0 Å². The van der Waals surface area contributed by atoms with Gasteiger partial charge in [-0.1, -0.05) is 24.3 Å². The molecule has 1 heterocycles. The molecule has 16 heavy (non-hydrogen) atoms. The van der Waals surface area contributed by atoms with Gasteiger partial charge in [0.2, 0.25) is 0 Å². The van der Waals surface area contributed by atoms with Gasteiger partial charge in [-0.2, -0.15) is 0 Å². The van der Waals surface area contributed by atoms with Gasteiger partial charge < -0.3 is 9.47 Å². The lowest BCUT2D eigenvalue weighted by molar-refractivity contribution is 0.0475. The quantitative estimate of drug-likeness (QED) is 0.431. The van der Waals surface area contributed by atoms with E-state index in [1.54, 1.807) is 12.1 Å². The zero-order valence-electron chi connectivity index (χ0n) is 9.02. The molecule has 0 saturated carbocycles. The minimum atomic E-state index is -0.284. The van der Waals surface area contributed by atoms with Crippen molar-refractivity contribution in [3.63, 3.8) is 0 Å². The van der Waals surface area contributed by atoms with Crippen LogP contribution in [0, 0.1) is 0 Å². The Labute approximate surface area is 94.7 Å². The number of ether oxygens (including phenoxy) is 2. The van der Waals surface area contributed by atoms with Gasteiger partial charge in [-0.15, -0.1) is 6.58 Å². The normalized spacial score (nSPS) is 17.9. The third kappa shape index (κ3) is 2.70. The van der Waals surface area contributed by atoms with E-state index in [0.29, 0.717) is 25.2 Å². The second-order valence-electron chi connectivity index (χ2n) is 3.70. The van der Waals surface area contributed by atoms with Crippen LogP contribution < -0.4 is 0 Å². The van der Waals surface area contributed by atoms with Crippen molar-refractivity contribution >= 4 is 5.97 Å². The average molecular weight is 218 g/mol. The van der Waals surface area contributed by atoms with Gasteiger partial charge in [0.15, 0.2) is 0 Å². The first-order chi connectivity index (χ1) is 7.81. The summed E-state index contributed by atoms with van der Waals surface area (Å²) < 4.78 is 10.1. The number of allylic oxidation sites excluding steroid dienone is 1. The highest BCUT2D eigenvalue weighted by atomic mass is 16.6. The van der Waals surface area contributed by atoms with Crippen molar-refractivity contribution in [2.45, 2.75) is 12.5 Å². The molecule has 1 fully saturated rings. The predicted molar refractivity (Wildman–Crippen MR) is 60.4 cm³/mol. The van der Waals surface area contributed by atoms with E-state index in [2.05, 4.69) is 6.58 Å². The Morgan fingerprint density at radius 3 is 3.00 bits per heavy atom. The summed E-state index contributed by atoms with van der Waals surface area (Å²) >= 11 is 0. The van der Waals surface area contributed by atoms with Gasteiger partial charge in [-0.05, 0) is 18.1 Å². The Kier molecular flexibility index (Phi) is 3.37. The highest BCUT2D eigenvalue weighted by molar-refractivity contribution is 5.91. The lowest BCUT2D eigenvalue weighted by Gasteiger charge is -2.07. The summed E-state index contributed by atoms with van der Waals surface area (Å²) in [6.45, 7) is 4.71. The van der Waals surface area contributed by atoms with E-state index in [4.69, 9.17) is 9.47 Å². The lowest BCUT2D eigenvalue weighted by Crippen LogP contribution is -2.11. The van der Waals surface area contributed by atoms with E-state index < -0.39 is 0 Å². The summed E-state index contributed by atoms with van der Waals surface area (Å²) in [4.78, 5) is 11.8. The molecule has 0 spiro atoms. The summed E-state index contributed by atoms with van der Waals surface area (Å²) in [7, 11) is 0. The van der Waals surface area contributed by atoms with Gasteiger partial charge in [-0.25, -0.2) is 4.79 Å². The number of hydrogen-bond acceptors (Lipinski definition) is 3. The molecular weight excluding hydrogens is 204 g/mol. The molecule has 1 atom stereocenters. The average Bonchev–Trinajstić information content (AvgIpc) is 3.11. The van der Waals surface area contributed by atoms with Crippen molar-refractivity contribution in [3.05, 3.63) is 48.0 Å². The van der Waals surface area contributed by atoms with Crippen LogP contribution in [0.3, 0.4) is 0 Å². The highest BCUT2D eigenvalue weighted by Crippen LogP contribution is 2.14. The van der Waals surface area contributed by atoms with Crippen molar-refractivity contribution in [3.8, 4) is 0 Å². The molecule has 3 heteroatoms. The summed E-state index contributed by atoms with van der Waals surface area (Å²) in [5.74, 6) is -0.284. The fourth-order valence-corrected chi connectivity index (χ4v) is 1.46. The Morgan fingerprint density at radius 1 is 1.56 bits per heavy atom. The Balaban J connectivity index is 2.04. The molecule has 2 rings (SSSR count). The molecule has 0 bridgehead atoms. The zero-order valence-corrected chi connectivity index (χ0v) is 9.02. The minimum Gasteiger partial charge on any atom is -0.459 e. The molecule has 1 aromatic carbocycles. The summed E-state index contributed by atoms with van der Waals surface area (Å²) in [5, 5.41) is 0. The summed E-state index contributed by atoms with van der Waals surface area (Å²) in [6.07, 6.45) is 2.55. The van der Waals surface area contributed by atoms with E-state index in [0.717, 1.165) is 5.56 Å². The van der Waals surface area contributed by atoms with Crippen molar-refractivity contribution in [2.24, 2.45) is 0 Å². The summed E-state index contributed by atoms with van der Waals surface area (Å²) in [6, 6.07) is 7.41. The van der Waals surface area contributed by atoms with Crippen molar-refractivity contribution in [1.82, 2.24) is 0 Å². The Hall–Kier alpha value is -1.61. The fraction of sp³-hybridized carbons (Fsp3) is 0.308. The second-order valence-corrected chi connectivity index (χ2v) is 3.70. The standard InChI is InChI=1S/C13H14O3/c1-2-5-10-6-3-4-7-12(10)13(14)16-9-11-8-15-11/h2-4,6-7,11H,1,5,8-9H2. The molecule has 0 amide bonds. The van der Waals surface area contributed by atoms with Crippen LogP contribution in [0.15, 0.2) is 36.9 Å². The van der Waals surface area contributed by atoms with Crippen LogP contribution in [-0.2, 0) is 15.9 Å². The van der Waals surface area contributed by atoms with E-state index >= 15 is 0 Å². The Bertz CT molecular complexity index is 394. The number of carbonyl (C=O) groups is 1. The molecule has 0 aromatic heterocycles. The first-order valence-electron chi connectivity index (χ1n) is 5.29. The fourth-order valence-electron chi connectivity index (χ4n) is 1.46. The van der Waals surface area contributed by atoms with Gasteiger partial charge in [0.25, 0.3) is 0 Å². The first-order valence-corrected chi connectivity index (χ1v) is 5.29. The molecule has 1 aliphatic rings. The van der Waals surface area contributed by atoms with Crippen LogP contribution in [0.25, 0.3) is 0 Å². The van der Waals surface area contributed by atoms with Crippen molar-refractivity contribution in [1.29, 1.82) is 0 Å². The SMILES string of the molecule is C=CCc1ccccc1C(=O)OCC1CO1. The van der Waals surface area contributed by atoms with Gasteiger partial charge in [0.05, 0.1) is 12.2 Å². The predicted octanol–water partition coefficient (Wildman–Crippen LogP) is 1.97. The first kappa shape index (κ1) is 10.9. The third-order valence-corrected chi connectivity index (χ3v) is 2.40. The molecule has 0 radical (unpaired) electrons. The zero-order chi connectivity index (χ0) is 11.4. The number of hydrogen-bond donors (Lipinski definition) is 0. The van der Waals surface area contributed by atoms with Crippen LogP contribution in [0.4, 0.5) is 0 Å². The van der Waals surface area contributed by atoms with Gasteiger partial charge in [0.1, 0.15) is 12.7 Å². The van der Waals surface area contributed by atoms with Crippen LogP contribution in [0.2, 0.25) is 0 Å². The molecule has 1 saturated heterocycles. The lowest BCUT2D eigenvalue weighted by atomic mass is 10.1. The second kappa shape index (κ2) is 4.94. The number of esters is 1. The molecule has 3 nitrogen and oxygen atoms in total. The minimum absolute atomic E-state index is 0.107. The van der Waals surface area contributed by atoms with Crippen molar-refractivity contribution in [2.75, 3.05) is 13.2 Å². The van der Waals surface area contributed by atoms with E-state index in [-0.39, 0.29) is 12.1 Å². The van der Waals surface area contributed by atoms with Gasteiger partial charge in [-0.3, -0.25) is 0 Å². The van der Waals surface area contributed by atoms with E-state index in [1.807, 2.05) is 18.2 Å². The molecule has 1 unspecified atom stereocenters. The number of carbonyl (C=O) groups excluding carboxylic acids is 1. The monoisotopic (exact) mass is 218 g/mol. The van der Waals surface area contributed by atoms with Crippen LogP contribution in [0.5, 0.6) is 0 Å².